The Morgan fingerprint density at radius 2 is 2.00 bits per heavy atom. The first-order chi connectivity index (χ1) is 8.09. The lowest BCUT2D eigenvalue weighted by atomic mass is 10.0. The molecule has 0 bridgehead atoms. The molecule has 17 heavy (non-hydrogen) atoms. The van der Waals surface area contributed by atoms with Gasteiger partial charge in [-0.25, -0.2) is 8.78 Å². The molecule has 96 valence electrons. The summed E-state index contributed by atoms with van der Waals surface area (Å²) in [6.45, 7) is 0.142. The lowest BCUT2D eigenvalue weighted by molar-refractivity contribution is -0.143. The molecule has 0 aliphatic carbocycles. The highest BCUT2D eigenvalue weighted by Gasteiger charge is 2.38. The third-order valence-electron chi connectivity index (χ3n) is 3.37. The second-order valence-electron chi connectivity index (χ2n) is 4.52. The number of hydrogen-bond donors (Lipinski definition) is 0. The smallest absolute Gasteiger partial charge is 0.255 e. The summed E-state index contributed by atoms with van der Waals surface area (Å²) in [6.07, 6.45) is -0.00371. The molecule has 0 spiro atoms. The molecule has 6 heteroatoms. The third-order valence-corrected chi connectivity index (χ3v) is 3.37. The monoisotopic (exact) mass is 246 g/mol. The van der Waals surface area contributed by atoms with E-state index in [0.29, 0.717) is 13.0 Å². The zero-order valence-electron chi connectivity index (χ0n) is 9.57. The van der Waals surface area contributed by atoms with Crippen LogP contribution in [0.3, 0.4) is 0 Å². The van der Waals surface area contributed by atoms with Crippen LogP contribution in [0.25, 0.3) is 0 Å². The number of amides is 2. The minimum absolute atomic E-state index is 0.0835. The van der Waals surface area contributed by atoms with Crippen LogP contribution in [-0.4, -0.2) is 53.7 Å². The summed E-state index contributed by atoms with van der Waals surface area (Å²) in [5.74, 6) is -0.393. The number of carbonyl (C=O) groups is 2. The van der Waals surface area contributed by atoms with Crippen LogP contribution >= 0.6 is 0 Å². The Labute approximate surface area is 98.6 Å². The van der Waals surface area contributed by atoms with E-state index < -0.39 is 19.0 Å². The van der Waals surface area contributed by atoms with Crippen molar-refractivity contribution in [3.63, 3.8) is 0 Å². The van der Waals surface area contributed by atoms with Crippen molar-refractivity contribution < 1.29 is 18.4 Å². The maximum absolute atomic E-state index is 12.4. The van der Waals surface area contributed by atoms with Crippen LogP contribution in [0.5, 0.6) is 0 Å². The first kappa shape index (κ1) is 12.3. The summed E-state index contributed by atoms with van der Waals surface area (Å²) in [7, 11) is 0. The van der Waals surface area contributed by atoms with E-state index in [1.165, 1.54) is 0 Å². The second-order valence-corrected chi connectivity index (χ2v) is 4.52. The van der Waals surface area contributed by atoms with E-state index in [-0.39, 0.29) is 24.8 Å². The van der Waals surface area contributed by atoms with Gasteiger partial charge in [-0.3, -0.25) is 9.59 Å². The Hall–Kier alpha value is -1.20. The van der Waals surface area contributed by atoms with E-state index in [0.717, 1.165) is 17.7 Å². The van der Waals surface area contributed by atoms with Crippen molar-refractivity contribution in [2.45, 2.75) is 38.2 Å². The predicted molar refractivity (Wildman–Crippen MR) is 56.6 cm³/mol. The Balaban J connectivity index is 2.14. The highest BCUT2D eigenvalue weighted by molar-refractivity contribution is 5.90. The topological polar surface area (TPSA) is 40.6 Å². The van der Waals surface area contributed by atoms with Gasteiger partial charge in [0.1, 0.15) is 6.04 Å². The van der Waals surface area contributed by atoms with Gasteiger partial charge < -0.3 is 9.80 Å². The first-order valence-electron chi connectivity index (χ1n) is 5.96. The maximum Gasteiger partial charge on any atom is 0.255 e. The number of halogens is 2. The van der Waals surface area contributed by atoms with Crippen LogP contribution in [0.2, 0.25) is 0 Å². The lowest BCUT2D eigenvalue weighted by Crippen LogP contribution is -2.50. The molecule has 1 unspecified atom stereocenters. The van der Waals surface area contributed by atoms with E-state index >= 15 is 0 Å². The zero-order chi connectivity index (χ0) is 12.4. The number of alkyl halides is 2. The maximum atomic E-state index is 12.4. The normalized spacial score (nSPS) is 26.2. The Kier molecular flexibility index (Phi) is 3.59. The SMILES string of the molecule is O=C1C2CCCCN2C(=O)CCN1CC(F)F. The molecular formula is C11H16F2N2O2. The van der Waals surface area contributed by atoms with Crippen LogP contribution < -0.4 is 0 Å². The van der Waals surface area contributed by atoms with Crippen LogP contribution in [-0.2, 0) is 9.59 Å². The predicted octanol–water partition coefficient (Wildman–Crippen LogP) is 0.865. The van der Waals surface area contributed by atoms with Gasteiger partial charge in [-0.1, -0.05) is 0 Å². The molecule has 4 nitrogen and oxygen atoms in total. The van der Waals surface area contributed by atoms with Gasteiger partial charge >= 0.3 is 0 Å². The fraction of sp³-hybridized carbons (Fsp3) is 0.818. The van der Waals surface area contributed by atoms with E-state index in [9.17, 15) is 18.4 Å². The molecule has 2 heterocycles. The molecule has 0 aromatic carbocycles. The molecule has 2 fully saturated rings. The van der Waals surface area contributed by atoms with Crippen LogP contribution in [0.4, 0.5) is 8.78 Å². The van der Waals surface area contributed by atoms with Crippen molar-refractivity contribution in [3.8, 4) is 0 Å². The van der Waals surface area contributed by atoms with Gasteiger partial charge in [0.15, 0.2) is 0 Å². The molecule has 0 aromatic heterocycles. The number of piperidine rings is 1. The van der Waals surface area contributed by atoms with Gasteiger partial charge in [0.05, 0.1) is 6.54 Å². The zero-order valence-corrected chi connectivity index (χ0v) is 9.57. The fourth-order valence-electron chi connectivity index (χ4n) is 2.53. The quantitative estimate of drug-likeness (QED) is 0.725. The summed E-state index contributed by atoms with van der Waals surface area (Å²) >= 11 is 0. The Morgan fingerprint density at radius 1 is 1.24 bits per heavy atom. The molecule has 1 atom stereocenters. The molecule has 2 aliphatic rings. The Bertz CT molecular complexity index is 323. The van der Waals surface area contributed by atoms with Crippen molar-refractivity contribution in [1.82, 2.24) is 9.80 Å². The number of fused-ring (bicyclic) bond motifs is 1. The minimum Gasteiger partial charge on any atom is -0.335 e. The van der Waals surface area contributed by atoms with Gasteiger partial charge in [-0.05, 0) is 19.3 Å². The minimum atomic E-state index is -2.54. The van der Waals surface area contributed by atoms with E-state index in [2.05, 4.69) is 0 Å². The van der Waals surface area contributed by atoms with E-state index in [1.807, 2.05) is 0 Å². The third kappa shape index (κ3) is 2.56. The van der Waals surface area contributed by atoms with Gasteiger partial charge in [0.2, 0.25) is 11.8 Å². The van der Waals surface area contributed by atoms with E-state index in [4.69, 9.17) is 0 Å². The van der Waals surface area contributed by atoms with Gasteiger partial charge in [-0.2, -0.15) is 0 Å². The summed E-state index contributed by atoms with van der Waals surface area (Å²) in [5.41, 5.74) is 0. The van der Waals surface area contributed by atoms with Crippen molar-refractivity contribution in [2.24, 2.45) is 0 Å². The highest BCUT2D eigenvalue weighted by Crippen LogP contribution is 2.23. The van der Waals surface area contributed by atoms with Gasteiger partial charge in [0, 0.05) is 19.5 Å². The highest BCUT2D eigenvalue weighted by atomic mass is 19.3. The summed E-state index contributed by atoms with van der Waals surface area (Å²) in [6, 6.07) is -0.502. The largest absolute Gasteiger partial charge is 0.335 e. The molecule has 2 saturated heterocycles. The molecule has 0 saturated carbocycles. The van der Waals surface area contributed by atoms with Crippen LogP contribution in [0, 0.1) is 0 Å². The van der Waals surface area contributed by atoms with Crippen LogP contribution in [0.1, 0.15) is 25.7 Å². The molecule has 0 aromatic rings. The molecule has 2 aliphatic heterocycles. The Morgan fingerprint density at radius 3 is 2.71 bits per heavy atom. The van der Waals surface area contributed by atoms with Crippen molar-refractivity contribution >= 4 is 11.8 Å². The summed E-state index contributed by atoms with van der Waals surface area (Å²) in [4.78, 5) is 26.5. The lowest BCUT2D eigenvalue weighted by Gasteiger charge is -2.34. The number of hydrogen-bond acceptors (Lipinski definition) is 2. The standard InChI is InChI=1S/C11H16F2N2O2/c12-9(13)7-14-6-4-10(16)15-5-2-1-3-8(15)11(14)17/h8-9H,1-7H2. The molecule has 0 N–H and O–H groups in total. The fourth-order valence-corrected chi connectivity index (χ4v) is 2.53. The van der Waals surface area contributed by atoms with Gasteiger partial charge in [0.25, 0.3) is 6.43 Å². The van der Waals surface area contributed by atoms with Crippen molar-refractivity contribution in [1.29, 1.82) is 0 Å². The van der Waals surface area contributed by atoms with Crippen molar-refractivity contribution in [3.05, 3.63) is 0 Å². The number of rotatable bonds is 2. The average Bonchev–Trinajstić information content (AvgIpc) is 2.42. The average molecular weight is 246 g/mol. The molecule has 2 rings (SSSR count). The number of carbonyl (C=O) groups excluding carboxylic acids is 2. The summed E-state index contributed by atoms with van der Waals surface area (Å²) in [5, 5.41) is 0. The number of nitrogens with zero attached hydrogens (tertiary/aromatic N) is 2. The van der Waals surface area contributed by atoms with Crippen molar-refractivity contribution in [2.75, 3.05) is 19.6 Å². The molecule has 0 radical (unpaired) electrons. The van der Waals surface area contributed by atoms with Crippen LogP contribution in [0.15, 0.2) is 0 Å². The summed E-state index contributed by atoms with van der Waals surface area (Å²) < 4.78 is 24.7. The van der Waals surface area contributed by atoms with Gasteiger partial charge in [-0.15, -0.1) is 0 Å². The second kappa shape index (κ2) is 4.98. The first-order valence-corrected chi connectivity index (χ1v) is 5.96. The van der Waals surface area contributed by atoms with E-state index in [1.54, 1.807) is 4.90 Å². The molecular weight excluding hydrogens is 230 g/mol. The molecule has 2 amide bonds.